The molecule has 0 unspecified atom stereocenters. The van der Waals surface area contributed by atoms with E-state index in [9.17, 15) is 4.79 Å². The lowest BCUT2D eigenvalue weighted by atomic mass is 10.4. The molecule has 0 aliphatic carbocycles. The van der Waals surface area contributed by atoms with Gasteiger partial charge in [-0.1, -0.05) is 0 Å². The zero-order valence-corrected chi connectivity index (χ0v) is 6.03. The lowest BCUT2D eigenvalue weighted by Crippen LogP contribution is -2.28. The Labute approximate surface area is 55.8 Å². The van der Waals surface area contributed by atoms with Crippen molar-refractivity contribution in [3.63, 3.8) is 0 Å². The van der Waals surface area contributed by atoms with Gasteiger partial charge in [0.15, 0.2) is 0 Å². The summed E-state index contributed by atoms with van der Waals surface area (Å²) >= 11 is 0. The number of carbonyl (C=O) groups is 1. The van der Waals surface area contributed by atoms with E-state index in [2.05, 4.69) is 10.6 Å². The minimum Gasteiger partial charge on any atom is -0.318 e. The van der Waals surface area contributed by atoms with Crippen LogP contribution >= 0.6 is 0 Å². The second kappa shape index (κ2) is 5.72. The van der Waals surface area contributed by atoms with Crippen LogP contribution in [0.3, 0.4) is 0 Å². The lowest BCUT2D eigenvalue weighted by Gasteiger charge is -1.99. The third-order valence-electron chi connectivity index (χ3n) is 0.926. The average molecular weight is 130 g/mol. The van der Waals surface area contributed by atoms with Crippen LogP contribution in [0.1, 0.15) is 6.92 Å². The fourth-order valence-electron chi connectivity index (χ4n) is 0.478. The smallest absolute Gasteiger partial charge is 0.143 e. The van der Waals surface area contributed by atoms with Crippen molar-refractivity contribution in [2.24, 2.45) is 0 Å². The van der Waals surface area contributed by atoms with E-state index in [4.69, 9.17) is 0 Å². The third-order valence-corrected chi connectivity index (χ3v) is 0.926. The maximum atomic E-state index is 10.3. The van der Waals surface area contributed by atoms with Crippen LogP contribution in [0.4, 0.5) is 0 Å². The van der Waals surface area contributed by atoms with E-state index in [1.807, 2.05) is 7.05 Å². The van der Waals surface area contributed by atoms with Crippen molar-refractivity contribution in [1.29, 1.82) is 0 Å². The van der Waals surface area contributed by atoms with Gasteiger partial charge in [-0.05, 0) is 14.0 Å². The summed E-state index contributed by atoms with van der Waals surface area (Å²) in [6.45, 7) is 3.83. The molecule has 54 valence electrons. The highest BCUT2D eigenvalue weighted by atomic mass is 16.1. The number of rotatable bonds is 5. The first-order valence-electron chi connectivity index (χ1n) is 3.12. The van der Waals surface area contributed by atoms with Gasteiger partial charge in [0.05, 0.1) is 6.54 Å². The number of hydrogen-bond donors (Lipinski definition) is 2. The molecule has 0 atom stereocenters. The number of hydrogen-bond acceptors (Lipinski definition) is 3. The van der Waals surface area contributed by atoms with Crippen molar-refractivity contribution < 1.29 is 4.79 Å². The number of likely N-dealkylation sites (N-methyl/N-ethyl adjacent to an activating group) is 1. The number of carbonyl (C=O) groups excluding carboxylic acids is 1. The second-order valence-corrected chi connectivity index (χ2v) is 1.98. The van der Waals surface area contributed by atoms with Crippen LogP contribution < -0.4 is 10.6 Å². The molecule has 0 spiro atoms. The summed E-state index contributed by atoms with van der Waals surface area (Å²) in [6.07, 6.45) is 0. The molecular weight excluding hydrogens is 116 g/mol. The van der Waals surface area contributed by atoms with Crippen LogP contribution in [0, 0.1) is 0 Å². The van der Waals surface area contributed by atoms with Gasteiger partial charge in [-0.3, -0.25) is 4.79 Å². The Morgan fingerprint density at radius 1 is 1.44 bits per heavy atom. The third kappa shape index (κ3) is 7.59. The standard InChI is InChI=1S/C6H14N2O/c1-6(9)5-8-4-3-7-2/h7-8H,3-5H2,1-2H3. The van der Waals surface area contributed by atoms with Gasteiger partial charge in [0.2, 0.25) is 0 Å². The summed E-state index contributed by atoms with van der Waals surface area (Å²) in [5, 5.41) is 5.94. The summed E-state index contributed by atoms with van der Waals surface area (Å²) < 4.78 is 0. The molecular formula is C6H14N2O. The Bertz CT molecular complexity index is 83.1. The molecule has 0 fully saturated rings. The molecule has 0 amide bonds. The molecule has 2 N–H and O–H groups in total. The second-order valence-electron chi connectivity index (χ2n) is 1.98. The quantitative estimate of drug-likeness (QED) is 0.487. The Hall–Kier alpha value is -0.410. The van der Waals surface area contributed by atoms with E-state index in [1.165, 1.54) is 0 Å². The topological polar surface area (TPSA) is 41.1 Å². The molecule has 0 radical (unpaired) electrons. The lowest BCUT2D eigenvalue weighted by molar-refractivity contribution is -0.116. The van der Waals surface area contributed by atoms with Crippen molar-refractivity contribution >= 4 is 5.78 Å². The minimum absolute atomic E-state index is 0.186. The fraction of sp³-hybridized carbons (Fsp3) is 0.833. The van der Waals surface area contributed by atoms with Gasteiger partial charge in [0.25, 0.3) is 0 Å². The summed E-state index contributed by atoms with van der Waals surface area (Å²) in [5.41, 5.74) is 0. The zero-order valence-electron chi connectivity index (χ0n) is 6.03. The molecule has 0 bridgehead atoms. The van der Waals surface area contributed by atoms with Crippen LogP contribution in [0.5, 0.6) is 0 Å². The van der Waals surface area contributed by atoms with Crippen LogP contribution in [-0.4, -0.2) is 32.5 Å². The van der Waals surface area contributed by atoms with Gasteiger partial charge in [-0.2, -0.15) is 0 Å². The number of nitrogens with one attached hydrogen (secondary N) is 2. The van der Waals surface area contributed by atoms with Crippen LogP contribution in [0.2, 0.25) is 0 Å². The van der Waals surface area contributed by atoms with Crippen molar-refractivity contribution in [2.75, 3.05) is 26.7 Å². The Morgan fingerprint density at radius 2 is 2.11 bits per heavy atom. The Balaban J connectivity index is 2.83. The van der Waals surface area contributed by atoms with E-state index in [0.717, 1.165) is 13.1 Å². The van der Waals surface area contributed by atoms with Crippen molar-refractivity contribution in [2.45, 2.75) is 6.92 Å². The highest BCUT2D eigenvalue weighted by molar-refractivity contribution is 5.77. The van der Waals surface area contributed by atoms with Crippen molar-refractivity contribution in [3.05, 3.63) is 0 Å². The van der Waals surface area contributed by atoms with Gasteiger partial charge in [0.1, 0.15) is 5.78 Å². The van der Waals surface area contributed by atoms with E-state index in [0.29, 0.717) is 6.54 Å². The molecule has 0 aromatic heterocycles. The van der Waals surface area contributed by atoms with E-state index in [-0.39, 0.29) is 5.78 Å². The van der Waals surface area contributed by atoms with Crippen LogP contribution in [0.15, 0.2) is 0 Å². The number of ketones is 1. The summed E-state index contributed by atoms with van der Waals surface area (Å²) in [5.74, 6) is 0.186. The summed E-state index contributed by atoms with van der Waals surface area (Å²) in [7, 11) is 1.88. The van der Waals surface area contributed by atoms with E-state index in [1.54, 1.807) is 6.92 Å². The molecule has 3 heteroatoms. The molecule has 0 heterocycles. The first kappa shape index (κ1) is 8.59. The SMILES string of the molecule is CNCCNCC(C)=O. The van der Waals surface area contributed by atoms with Crippen molar-refractivity contribution in [1.82, 2.24) is 10.6 Å². The van der Waals surface area contributed by atoms with Gasteiger partial charge < -0.3 is 10.6 Å². The fourth-order valence-corrected chi connectivity index (χ4v) is 0.478. The first-order valence-corrected chi connectivity index (χ1v) is 3.12. The first-order chi connectivity index (χ1) is 4.27. The molecule has 0 rings (SSSR count). The highest BCUT2D eigenvalue weighted by Crippen LogP contribution is 1.62. The highest BCUT2D eigenvalue weighted by Gasteiger charge is 1.88. The molecule has 3 nitrogen and oxygen atoms in total. The molecule has 0 aliphatic rings. The Morgan fingerprint density at radius 3 is 2.56 bits per heavy atom. The van der Waals surface area contributed by atoms with Crippen LogP contribution in [0.25, 0.3) is 0 Å². The van der Waals surface area contributed by atoms with Crippen LogP contribution in [-0.2, 0) is 4.79 Å². The van der Waals surface area contributed by atoms with Gasteiger partial charge in [0, 0.05) is 13.1 Å². The Kier molecular flexibility index (Phi) is 5.46. The normalized spacial score (nSPS) is 9.56. The maximum Gasteiger partial charge on any atom is 0.143 e. The van der Waals surface area contributed by atoms with E-state index >= 15 is 0 Å². The van der Waals surface area contributed by atoms with Gasteiger partial charge >= 0.3 is 0 Å². The predicted molar refractivity (Wildman–Crippen MR) is 37.5 cm³/mol. The molecule has 0 aromatic carbocycles. The molecule has 0 saturated heterocycles. The monoisotopic (exact) mass is 130 g/mol. The van der Waals surface area contributed by atoms with Gasteiger partial charge in [-0.25, -0.2) is 0 Å². The number of Topliss-reactive ketones (excluding diaryl/α,β-unsaturated/α-hetero) is 1. The maximum absolute atomic E-state index is 10.3. The molecule has 9 heavy (non-hydrogen) atoms. The zero-order chi connectivity index (χ0) is 7.11. The van der Waals surface area contributed by atoms with Gasteiger partial charge in [-0.15, -0.1) is 0 Å². The molecule has 0 aliphatic heterocycles. The van der Waals surface area contributed by atoms with Crippen molar-refractivity contribution in [3.8, 4) is 0 Å². The largest absolute Gasteiger partial charge is 0.318 e. The summed E-state index contributed by atoms with van der Waals surface area (Å²) in [6, 6.07) is 0. The minimum atomic E-state index is 0.186. The summed E-state index contributed by atoms with van der Waals surface area (Å²) in [4.78, 5) is 10.3. The average Bonchev–Trinajstić information content (AvgIpc) is 1.80. The van der Waals surface area contributed by atoms with E-state index < -0.39 is 0 Å². The molecule has 0 saturated carbocycles. The molecule has 0 aromatic rings. The predicted octanol–water partition coefficient (Wildman–Crippen LogP) is -0.616.